The van der Waals surface area contributed by atoms with Crippen LogP contribution in [0.1, 0.15) is 44.2 Å². The summed E-state index contributed by atoms with van der Waals surface area (Å²) in [4.78, 5) is 19.8. The molecule has 1 aliphatic rings. The van der Waals surface area contributed by atoms with E-state index in [1.165, 1.54) is 29.3 Å². The molecule has 1 aromatic heterocycles. The molecule has 1 saturated heterocycles. The second-order valence-electron chi connectivity index (χ2n) is 8.74. The van der Waals surface area contributed by atoms with Crippen LogP contribution in [-0.4, -0.2) is 43.8 Å². The van der Waals surface area contributed by atoms with E-state index in [-0.39, 0.29) is 18.0 Å². The van der Waals surface area contributed by atoms with Crippen molar-refractivity contribution in [1.29, 1.82) is 0 Å². The van der Waals surface area contributed by atoms with Crippen LogP contribution in [0.4, 0.5) is 0 Å². The van der Waals surface area contributed by atoms with Crippen LogP contribution in [0.15, 0.2) is 53.7 Å². The number of nitrogens with zero attached hydrogens (tertiary/aromatic N) is 4. The zero-order valence-corrected chi connectivity index (χ0v) is 20.0. The number of thioether (sulfide) groups is 1. The summed E-state index contributed by atoms with van der Waals surface area (Å²) in [5.41, 5.74) is 5.90. The number of amides is 1. The van der Waals surface area contributed by atoms with Crippen molar-refractivity contribution in [3.63, 3.8) is 0 Å². The van der Waals surface area contributed by atoms with Gasteiger partial charge in [0, 0.05) is 23.2 Å². The van der Waals surface area contributed by atoms with Gasteiger partial charge in [-0.15, -0.1) is 10.2 Å². The Kier molecular flexibility index (Phi) is 6.89. The third-order valence-electron chi connectivity index (χ3n) is 6.12. The molecular weight excluding hydrogens is 416 g/mol. The third kappa shape index (κ3) is 5.01. The van der Waals surface area contributed by atoms with Crippen LogP contribution >= 0.6 is 11.8 Å². The Balaban J connectivity index is 1.61. The Morgan fingerprint density at radius 2 is 1.41 bits per heavy atom. The molecule has 0 bridgehead atoms. The molecule has 4 rings (SSSR count). The number of hydrogen-bond acceptors (Lipinski definition) is 5. The minimum absolute atomic E-state index is 0.151. The number of rotatable bonds is 5. The molecule has 2 unspecified atom stereocenters. The summed E-state index contributed by atoms with van der Waals surface area (Å²) in [5, 5.41) is 9.44. The lowest BCUT2D eigenvalue weighted by molar-refractivity contribution is -0.134. The Hall–Kier alpha value is -2.73. The van der Waals surface area contributed by atoms with E-state index >= 15 is 0 Å². The van der Waals surface area contributed by atoms with Crippen LogP contribution < -0.4 is 0 Å². The predicted molar refractivity (Wildman–Crippen MR) is 131 cm³/mol. The highest BCUT2D eigenvalue weighted by molar-refractivity contribution is 7.99. The van der Waals surface area contributed by atoms with Gasteiger partial charge in [0.15, 0.2) is 0 Å². The maximum atomic E-state index is 12.9. The van der Waals surface area contributed by atoms with Gasteiger partial charge in [-0.05, 0) is 47.0 Å². The van der Waals surface area contributed by atoms with Gasteiger partial charge in [0.05, 0.1) is 5.75 Å². The summed E-state index contributed by atoms with van der Waals surface area (Å²) in [7, 11) is 0. The minimum Gasteiger partial charge on any atom is -0.337 e. The normalized spacial score (nSPS) is 18.6. The number of piperidine rings is 1. The zero-order chi connectivity index (χ0) is 22.7. The summed E-state index contributed by atoms with van der Waals surface area (Å²) >= 11 is 1.37. The van der Waals surface area contributed by atoms with Crippen LogP contribution in [0.2, 0.25) is 0 Å². The van der Waals surface area contributed by atoms with Crippen molar-refractivity contribution in [1.82, 2.24) is 20.1 Å². The Morgan fingerprint density at radius 1 is 0.875 bits per heavy atom. The number of hydrogen-bond donors (Lipinski definition) is 0. The molecule has 3 aromatic rings. The number of benzene rings is 2. The molecule has 0 saturated carbocycles. The number of carbonyl (C=O) groups excluding carboxylic acids is 1. The first-order chi connectivity index (χ1) is 15.4. The first-order valence-corrected chi connectivity index (χ1v) is 12.2. The quantitative estimate of drug-likeness (QED) is 0.470. The summed E-state index contributed by atoms with van der Waals surface area (Å²) < 4.78 is 0. The molecule has 0 aliphatic carbocycles. The van der Waals surface area contributed by atoms with E-state index in [1.54, 1.807) is 0 Å². The van der Waals surface area contributed by atoms with Crippen LogP contribution in [-0.2, 0) is 4.79 Å². The monoisotopic (exact) mass is 446 g/mol. The molecule has 32 heavy (non-hydrogen) atoms. The van der Waals surface area contributed by atoms with Crippen molar-refractivity contribution in [3.05, 3.63) is 59.7 Å². The fourth-order valence-electron chi connectivity index (χ4n) is 4.30. The fourth-order valence-corrected chi connectivity index (χ4v) is 4.96. The van der Waals surface area contributed by atoms with Gasteiger partial charge < -0.3 is 4.90 Å². The van der Waals surface area contributed by atoms with Gasteiger partial charge >= 0.3 is 0 Å². The fraction of sp³-hybridized carbons (Fsp3) is 0.385. The van der Waals surface area contributed by atoms with E-state index in [0.717, 1.165) is 35.4 Å². The highest BCUT2D eigenvalue weighted by atomic mass is 32.2. The van der Waals surface area contributed by atoms with Crippen molar-refractivity contribution in [2.75, 3.05) is 5.75 Å². The highest BCUT2D eigenvalue weighted by Gasteiger charge is 2.29. The lowest BCUT2D eigenvalue weighted by Gasteiger charge is -2.39. The molecule has 2 aromatic carbocycles. The molecule has 1 aliphatic heterocycles. The van der Waals surface area contributed by atoms with E-state index in [1.807, 2.05) is 17.0 Å². The largest absolute Gasteiger partial charge is 0.337 e. The van der Waals surface area contributed by atoms with Crippen LogP contribution in [0, 0.1) is 13.8 Å². The average Bonchev–Trinajstić information content (AvgIpc) is 2.78. The maximum Gasteiger partial charge on any atom is 0.233 e. The smallest absolute Gasteiger partial charge is 0.233 e. The Labute approximate surface area is 194 Å². The first kappa shape index (κ1) is 22.5. The maximum absolute atomic E-state index is 12.9. The predicted octanol–water partition coefficient (Wildman–Crippen LogP) is 5.70. The average molecular weight is 447 g/mol. The van der Waals surface area contributed by atoms with Gasteiger partial charge in [-0.1, -0.05) is 71.4 Å². The van der Waals surface area contributed by atoms with Gasteiger partial charge in [-0.2, -0.15) is 0 Å². The molecule has 1 amide bonds. The van der Waals surface area contributed by atoms with E-state index in [9.17, 15) is 4.79 Å². The first-order valence-electron chi connectivity index (χ1n) is 11.2. The number of carbonyl (C=O) groups is 1. The Morgan fingerprint density at radius 3 is 1.97 bits per heavy atom. The second kappa shape index (κ2) is 9.82. The molecule has 2 atom stereocenters. The van der Waals surface area contributed by atoms with E-state index in [4.69, 9.17) is 4.98 Å². The minimum atomic E-state index is 0.151. The van der Waals surface area contributed by atoms with E-state index < -0.39 is 0 Å². The zero-order valence-electron chi connectivity index (χ0n) is 19.2. The molecule has 0 spiro atoms. The molecule has 0 N–H and O–H groups in total. The lowest BCUT2D eigenvalue weighted by atomic mass is 9.98. The van der Waals surface area contributed by atoms with Crippen molar-refractivity contribution >= 4 is 17.7 Å². The van der Waals surface area contributed by atoms with Crippen molar-refractivity contribution in [2.24, 2.45) is 0 Å². The van der Waals surface area contributed by atoms with Crippen molar-refractivity contribution in [3.8, 4) is 22.5 Å². The summed E-state index contributed by atoms with van der Waals surface area (Å²) in [6.07, 6.45) is 3.33. The van der Waals surface area contributed by atoms with Crippen LogP contribution in [0.3, 0.4) is 0 Å². The van der Waals surface area contributed by atoms with Crippen molar-refractivity contribution < 1.29 is 4.79 Å². The summed E-state index contributed by atoms with van der Waals surface area (Å²) in [5.74, 6) is 0.478. The molecular formula is C26H30N4OS. The van der Waals surface area contributed by atoms with Gasteiger partial charge in [0.25, 0.3) is 0 Å². The SMILES string of the molecule is Cc1ccc(-c2nnc(SCC(=O)N3C(C)CCCC3C)nc2-c2ccc(C)cc2)cc1. The van der Waals surface area contributed by atoms with Gasteiger partial charge in [-0.3, -0.25) is 4.79 Å². The molecule has 0 radical (unpaired) electrons. The molecule has 166 valence electrons. The highest BCUT2D eigenvalue weighted by Crippen LogP contribution is 2.31. The van der Waals surface area contributed by atoms with Crippen molar-refractivity contribution in [2.45, 2.75) is 64.2 Å². The summed E-state index contributed by atoms with van der Waals surface area (Å²) in [6.45, 7) is 8.41. The Bertz CT molecular complexity index is 1070. The van der Waals surface area contributed by atoms with Crippen LogP contribution in [0.5, 0.6) is 0 Å². The number of likely N-dealkylation sites (tertiary alicyclic amines) is 1. The molecule has 5 nitrogen and oxygen atoms in total. The van der Waals surface area contributed by atoms with Gasteiger partial charge in [-0.25, -0.2) is 4.98 Å². The van der Waals surface area contributed by atoms with E-state index in [2.05, 4.69) is 74.3 Å². The molecule has 1 fully saturated rings. The van der Waals surface area contributed by atoms with Gasteiger partial charge in [0.2, 0.25) is 11.1 Å². The lowest BCUT2D eigenvalue weighted by Crippen LogP contribution is -2.48. The molecule has 2 heterocycles. The number of aromatic nitrogens is 3. The topological polar surface area (TPSA) is 59.0 Å². The summed E-state index contributed by atoms with van der Waals surface area (Å²) in [6, 6.07) is 17.1. The second-order valence-corrected chi connectivity index (χ2v) is 9.68. The van der Waals surface area contributed by atoms with Crippen LogP contribution in [0.25, 0.3) is 22.5 Å². The van der Waals surface area contributed by atoms with E-state index in [0.29, 0.717) is 10.9 Å². The standard InChI is InChI=1S/C26H30N4OS/c1-17-8-12-21(13-9-17)24-25(22-14-10-18(2)11-15-22)28-29-26(27-24)32-16-23(31)30-19(3)6-5-7-20(30)4/h8-15,19-20H,5-7,16H2,1-4H3. The molecule has 6 heteroatoms. The number of aryl methyl sites for hydroxylation is 2. The third-order valence-corrected chi connectivity index (χ3v) is 6.95. The van der Waals surface area contributed by atoms with Gasteiger partial charge in [0.1, 0.15) is 11.4 Å².